The quantitative estimate of drug-likeness (QED) is 0.868. The van der Waals surface area contributed by atoms with Crippen LogP contribution in [0.15, 0.2) is 17.5 Å². The molecule has 2 rings (SSSR count). The smallest absolute Gasteiger partial charge is 0.328 e. The van der Waals surface area contributed by atoms with Crippen LogP contribution in [0.25, 0.3) is 6.08 Å². The molecule has 0 aliphatic carbocycles. The molecule has 0 atom stereocenters. The Bertz CT molecular complexity index is 529. The molecule has 0 unspecified atom stereocenters. The average molecular weight is 309 g/mol. The van der Waals surface area contributed by atoms with Gasteiger partial charge in [-0.2, -0.15) is 0 Å². The fourth-order valence-corrected chi connectivity index (χ4v) is 3.91. The molecule has 0 spiro atoms. The first kappa shape index (κ1) is 16.2. The molecule has 1 aliphatic rings. The summed E-state index contributed by atoms with van der Waals surface area (Å²) in [6.45, 7) is 11.2. The van der Waals surface area contributed by atoms with Crippen LogP contribution < -0.4 is 0 Å². The van der Waals surface area contributed by atoms with Crippen molar-refractivity contribution in [2.24, 2.45) is 0 Å². The van der Waals surface area contributed by atoms with E-state index in [4.69, 9.17) is 9.84 Å². The topological polar surface area (TPSA) is 49.8 Å². The van der Waals surface area contributed by atoms with Gasteiger partial charge in [0.25, 0.3) is 0 Å². The Labute approximate surface area is 130 Å². The van der Waals surface area contributed by atoms with Gasteiger partial charge in [-0.05, 0) is 50.8 Å². The van der Waals surface area contributed by atoms with Crippen molar-refractivity contribution in [1.82, 2.24) is 4.90 Å². The van der Waals surface area contributed by atoms with Crippen molar-refractivity contribution < 1.29 is 14.6 Å². The van der Waals surface area contributed by atoms with Crippen LogP contribution in [0.2, 0.25) is 0 Å². The molecule has 0 radical (unpaired) electrons. The maximum absolute atomic E-state index is 10.5. The summed E-state index contributed by atoms with van der Waals surface area (Å²) >= 11 is 1.67. The number of hydrogen-bond donors (Lipinski definition) is 1. The number of carboxylic acid groups (broad SMARTS) is 1. The van der Waals surface area contributed by atoms with Gasteiger partial charge in [0.2, 0.25) is 0 Å². The summed E-state index contributed by atoms with van der Waals surface area (Å²) in [5, 5.41) is 10.6. The molecule has 1 saturated heterocycles. The van der Waals surface area contributed by atoms with Crippen LogP contribution in [0.1, 0.15) is 38.1 Å². The Morgan fingerprint density at radius 2 is 2.00 bits per heavy atom. The summed E-state index contributed by atoms with van der Waals surface area (Å²) in [6, 6.07) is 2.06. The fourth-order valence-electron chi connectivity index (χ4n) is 3.01. The minimum atomic E-state index is -0.917. The van der Waals surface area contributed by atoms with E-state index in [1.54, 1.807) is 17.4 Å². The molecule has 0 aromatic carbocycles. The highest BCUT2D eigenvalue weighted by Crippen LogP contribution is 2.30. The van der Waals surface area contributed by atoms with Crippen LogP contribution in [0, 0.1) is 0 Å². The third-order valence-electron chi connectivity index (χ3n) is 3.23. The highest BCUT2D eigenvalue weighted by Gasteiger charge is 2.37. The van der Waals surface area contributed by atoms with Gasteiger partial charge in [-0.25, -0.2) is 4.79 Å². The number of aliphatic carboxylic acids is 1. The van der Waals surface area contributed by atoms with E-state index in [1.165, 1.54) is 11.0 Å². The third kappa shape index (κ3) is 4.95. The van der Waals surface area contributed by atoms with Gasteiger partial charge in [-0.3, -0.25) is 4.90 Å². The Kier molecular flexibility index (Phi) is 4.56. The maximum Gasteiger partial charge on any atom is 0.328 e. The minimum absolute atomic E-state index is 0.148. The average Bonchev–Trinajstić information content (AvgIpc) is 2.69. The SMILES string of the molecule is CC1(C)CN(Cc2cc(/C=C/C(=O)O)cs2)CC(C)(C)O1. The first-order chi connectivity index (χ1) is 9.65. The van der Waals surface area contributed by atoms with Crippen LogP contribution in [0.5, 0.6) is 0 Å². The molecule has 0 amide bonds. The summed E-state index contributed by atoms with van der Waals surface area (Å²) in [4.78, 5) is 14.2. The number of carboxylic acids is 1. The van der Waals surface area contributed by atoms with Gasteiger partial charge in [0.15, 0.2) is 0 Å². The van der Waals surface area contributed by atoms with Crippen LogP contribution in [0.4, 0.5) is 0 Å². The second kappa shape index (κ2) is 5.91. The zero-order valence-electron chi connectivity index (χ0n) is 13.0. The Hall–Kier alpha value is -1.17. The Balaban J connectivity index is 2.03. The van der Waals surface area contributed by atoms with Crippen molar-refractivity contribution >= 4 is 23.4 Å². The van der Waals surface area contributed by atoms with Crippen molar-refractivity contribution in [3.8, 4) is 0 Å². The minimum Gasteiger partial charge on any atom is -0.478 e. The standard InChI is InChI=1S/C16H23NO3S/c1-15(2)10-17(11-16(3,4)20-15)8-13-7-12(9-21-13)5-6-14(18)19/h5-7,9H,8,10-11H2,1-4H3,(H,18,19)/b6-5+. The van der Waals surface area contributed by atoms with Crippen molar-refractivity contribution in [3.63, 3.8) is 0 Å². The number of nitrogens with zero attached hydrogens (tertiary/aromatic N) is 1. The zero-order valence-corrected chi connectivity index (χ0v) is 13.9. The third-order valence-corrected chi connectivity index (χ3v) is 4.17. The number of ether oxygens (including phenoxy) is 1. The summed E-state index contributed by atoms with van der Waals surface area (Å²) < 4.78 is 6.08. The molecular formula is C16H23NO3S. The predicted octanol–water partition coefficient (Wildman–Crippen LogP) is 3.24. The van der Waals surface area contributed by atoms with E-state index in [1.807, 2.05) is 5.38 Å². The number of hydrogen-bond acceptors (Lipinski definition) is 4. The molecule has 4 nitrogen and oxygen atoms in total. The van der Waals surface area contributed by atoms with Gasteiger partial charge in [-0.1, -0.05) is 0 Å². The van der Waals surface area contributed by atoms with E-state index in [0.29, 0.717) is 0 Å². The van der Waals surface area contributed by atoms with E-state index in [0.717, 1.165) is 25.2 Å². The molecular weight excluding hydrogens is 286 g/mol. The lowest BCUT2D eigenvalue weighted by Crippen LogP contribution is -2.56. The summed E-state index contributed by atoms with van der Waals surface area (Å²) in [6.07, 6.45) is 2.81. The lowest BCUT2D eigenvalue weighted by molar-refractivity contribution is -0.182. The van der Waals surface area contributed by atoms with Crippen LogP contribution in [0.3, 0.4) is 0 Å². The summed E-state index contributed by atoms with van der Waals surface area (Å²) in [5.74, 6) is -0.917. The fraction of sp³-hybridized carbons (Fsp3) is 0.562. The Morgan fingerprint density at radius 3 is 2.57 bits per heavy atom. The first-order valence-corrected chi connectivity index (χ1v) is 7.94. The molecule has 1 N–H and O–H groups in total. The van der Waals surface area contributed by atoms with Crippen molar-refractivity contribution in [3.05, 3.63) is 28.0 Å². The van der Waals surface area contributed by atoms with Gasteiger partial charge < -0.3 is 9.84 Å². The lowest BCUT2D eigenvalue weighted by atomic mass is 9.99. The molecule has 0 bridgehead atoms. The molecule has 1 aromatic rings. The highest BCUT2D eigenvalue weighted by molar-refractivity contribution is 7.10. The van der Waals surface area contributed by atoms with Crippen LogP contribution in [-0.2, 0) is 16.1 Å². The normalized spacial score (nSPS) is 21.7. The Morgan fingerprint density at radius 1 is 1.38 bits per heavy atom. The monoisotopic (exact) mass is 309 g/mol. The van der Waals surface area contributed by atoms with Gasteiger partial charge in [0.05, 0.1) is 11.2 Å². The molecule has 116 valence electrons. The van der Waals surface area contributed by atoms with E-state index >= 15 is 0 Å². The second-order valence-corrected chi connectivity index (χ2v) is 7.78. The predicted molar refractivity (Wildman–Crippen MR) is 85.5 cm³/mol. The zero-order chi connectivity index (χ0) is 15.7. The van der Waals surface area contributed by atoms with Gasteiger partial charge in [-0.15, -0.1) is 11.3 Å². The number of rotatable bonds is 4. The van der Waals surface area contributed by atoms with Gasteiger partial charge in [0.1, 0.15) is 0 Å². The van der Waals surface area contributed by atoms with E-state index < -0.39 is 5.97 Å². The first-order valence-electron chi connectivity index (χ1n) is 7.06. The second-order valence-electron chi connectivity index (χ2n) is 6.78. The largest absolute Gasteiger partial charge is 0.478 e. The highest BCUT2D eigenvalue weighted by atomic mass is 32.1. The molecule has 0 saturated carbocycles. The van der Waals surface area contributed by atoms with E-state index in [-0.39, 0.29) is 11.2 Å². The van der Waals surface area contributed by atoms with Crippen molar-refractivity contribution in [2.45, 2.75) is 45.4 Å². The van der Waals surface area contributed by atoms with Crippen molar-refractivity contribution in [1.29, 1.82) is 0 Å². The number of morpholine rings is 1. The molecule has 1 aromatic heterocycles. The van der Waals surface area contributed by atoms with Gasteiger partial charge in [0, 0.05) is 30.6 Å². The molecule has 1 aliphatic heterocycles. The maximum atomic E-state index is 10.5. The lowest BCUT2D eigenvalue weighted by Gasteiger charge is -2.47. The van der Waals surface area contributed by atoms with Crippen LogP contribution in [-0.4, -0.2) is 40.3 Å². The van der Waals surface area contributed by atoms with Crippen molar-refractivity contribution in [2.75, 3.05) is 13.1 Å². The molecule has 1 fully saturated rings. The van der Waals surface area contributed by atoms with E-state index in [9.17, 15) is 4.79 Å². The summed E-state index contributed by atoms with van der Waals surface area (Å²) in [5.41, 5.74) is 0.653. The number of thiophene rings is 1. The summed E-state index contributed by atoms with van der Waals surface area (Å²) in [7, 11) is 0. The van der Waals surface area contributed by atoms with E-state index in [2.05, 4.69) is 38.7 Å². The van der Waals surface area contributed by atoms with Crippen LogP contribution >= 0.6 is 11.3 Å². The molecule has 2 heterocycles. The molecule has 21 heavy (non-hydrogen) atoms. The van der Waals surface area contributed by atoms with Gasteiger partial charge >= 0.3 is 5.97 Å². The number of carbonyl (C=O) groups is 1. The molecule has 5 heteroatoms.